The van der Waals surface area contributed by atoms with Gasteiger partial charge in [-0.1, -0.05) is 24.3 Å². The lowest BCUT2D eigenvalue weighted by Crippen LogP contribution is -2.16. The summed E-state index contributed by atoms with van der Waals surface area (Å²) < 4.78 is 10.6. The largest absolute Gasteiger partial charge is 0.497 e. The van der Waals surface area contributed by atoms with E-state index in [4.69, 9.17) is 9.47 Å². The Hall–Kier alpha value is -2.00. The monoisotopic (exact) mass is 285 g/mol. The molecule has 2 aromatic carbocycles. The molecule has 112 valence electrons. The van der Waals surface area contributed by atoms with Crippen molar-refractivity contribution in [2.45, 2.75) is 19.9 Å². The van der Waals surface area contributed by atoms with Gasteiger partial charge in [0.2, 0.25) is 0 Å². The molecule has 0 fully saturated rings. The Balaban J connectivity index is 1.71. The van der Waals surface area contributed by atoms with Crippen molar-refractivity contribution in [3.8, 4) is 11.5 Å². The maximum Gasteiger partial charge on any atom is 0.119 e. The molecule has 2 aromatic rings. The van der Waals surface area contributed by atoms with E-state index in [-0.39, 0.29) is 0 Å². The third-order valence-corrected chi connectivity index (χ3v) is 3.31. The Morgan fingerprint density at radius 1 is 0.857 bits per heavy atom. The van der Waals surface area contributed by atoms with Gasteiger partial charge in [0.1, 0.15) is 11.5 Å². The van der Waals surface area contributed by atoms with Gasteiger partial charge in [0, 0.05) is 6.54 Å². The second-order valence-corrected chi connectivity index (χ2v) is 4.85. The molecule has 0 atom stereocenters. The quantitative estimate of drug-likeness (QED) is 0.754. The predicted octanol–water partition coefficient (Wildman–Crippen LogP) is 3.43. The zero-order valence-electron chi connectivity index (χ0n) is 12.8. The van der Waals surface area contributed by atoms with Gasteiger partial charge in [0.15, 0.2) is 0 Å². The van der Waals surface area contributed by atoms with Gasteiger partial charge in [-0.2, -0.15) is 0 Å². The number of benzene rings is 2. The van der Waals surface area contributed by atoms with Crippen LogP contribution in [0.25, 0.3) is 0 Å². The first-order valence-corrected chi connectivity index (χ1v) is 7.37. The number of nitrogens with one attached hydrogen (secondary N) is 1. The van der Waals surface area contributed by atoms with Crippen LogP contribution >= 0.6 is 0 Å². The number of rotatable bonds is 8. The first-order valence-electron chi connectivity index (χ1n) is 7.37. The molecule has 0 unspecified atom stereocenters. The molecule has 0 aliphatic carbocycles. The van der Waals surface area contributed by atoms with Crippen LogP contribution in [0.3, 0.4) is 0 Å². The van der Waals surface area contributed by atoms with Gasteiger partial charge in [-0.3, -0.25) is 0 Å². The van der Waals surface area contributed by atoms with Crippen molar-refractivity contribution in [3.63, 3.8) is 0 Å². The number of hydrogen-bond acceptors (Lipinski definition) is 3. The molecule has 0 aliphatic heterocycles. The Morgan fingerprint density at radius 2 is 1.48 bits per heavy atom. The molecule has 21 heavy (non-hydrogen) atoms. The van der Waals surface area contributed by atoms with E-state index >= 15 is 0 Å². The summed E-state index contributed by atoms with van der Waals surface area (Å²) in [6.45, 7) is 4.54. The van der Waals surface area contributed by atoms with Crippen molar-refractivity contribution in [2.75, 3.05) is 20.3 Å². The first-order chi connectivity index (χ1) is 10.3. The Morgan fingerprint density at radius 3 is 2.10 bits per heavy atom. The summed E-state index contributed by atoms with van der Waals surface area (Å²) in [5.74, 6) is 1.83. The molecule has 0 heterocycles. The van der Waals surface area contributed by atoms with Crippen LogP contribution in [0.4, 0.5) is 0 Å². The van der Waals surface area contributed by atoms with E-state index in [0.717, 1.165) is 31.0 Å². The van der Waals surface area contributed by atoms with Crippen LogP contribution in [-0.2, 0) is 13.0 Å². The highest BCUT2D eigenvalue weighted by atomic mass is 16.5. The third kappa shape index (κ3) is 5.12. The minimum Gasteiger partial charge on any atom is -0.497 e. The molecule has 0 saturated carbocycles. The fraction of sp³-hybridized carbons (Fsp3) is 0.333. The number of hydrogen-bond donors (Lipinski definition) is 1. The molecule has 0 amide bonds. The summed E-state index contributed by atoms with van der Waals surface area (Å²) in [4.78, 5) is 0. The summed E-state index contributed by atoms with van der Waals surface area (Å²) >= 11 is 0. The van der Waals surface area contributed by atoms with Crippen molar-refractivity contribution in [1.29, 1.82) is 0 Å². The van der Waals surface area contributed by atoms with Crippen molar-refractivity contribution < 1.29 is 9.47 Å². The van der Waals surface area contributed by atoms with E-state index in [1.165, 1.54) is 11.1 Å². The molecular formula is C18H23NO2. The summed E-state index contributed by atoms with van der Waals surface area (Å²) in [5, 5.41) is 3.46. The SMILES string of the molecule is CCOc1ccc(CNCCc2ccc(OC)cc2)cc1. The average molecular weight is 285 g/mol. The van der Waals surface area contributed by atoms with Crippen LogP contribution in [0.1, 0.15) is 18.1 Å². The Labute approximate surface area is 126 Å². The molecule has 0 saturated heterocycles. The highest BCUT2D eigenvalue weighted by Gasteiger charge is 1.97. The molecule has 0 radical (unpaired) electrons. The fourth-order valence-electron chi connectivity index (χ4n) is 2.13. The molecule has 3 heteroatoms. The maximum atomic E-state index is 5.43. The van der Waals surface area contributed by atoms with E-state index in [9.17, 15) is 0 Å². The molecule has 0 bridgehead atoms. The Kier molecular flexibility index (Phi) is 6.10. The summed E-state index contributed by atoms with van der Waals surface area (Å²) in [7, 11) is 1.69. The van der Waals surface area contributed by atoms with Crippen LogP contribution in [0, 0.1) is 0 Å². The van der Waals surface area contributed by atoms with Gasteiger partial charge >= 0.3 is 0 Å². The van der Waals surface area contributed by atoms with Crippen LogP contribution in [0.2, 0.25) is 0 Å². The fourth-order valence-corrected chi connectivity index (χ4v) is 2.13. The van der Waals surface area contributed by atoms with Gasteiger partial charge in [0.25, 0.3) is 0 Å². The lowest BCUT2D eigenvalue weighted by Gasteiger charge is -2.07. The van der Waals surface area contributed by atoms with Crippen LogP contribution in [0.5, 0.6) is 11.5 Å². The molecule has 0 aliphatic rings. The van der Waals surface area contributed by atoms with E-state index in [1.807, 2.05) is 31.2 Å². The summed E-state index contributed by atoms with van der Waals surface area (Å²) in [6, 6.07) is 16.5. The lowest BCUT2D eigenvalue weighted by molar-refractivity contribution is 0.340. The van der Waals surface area contributed by atoms with Gasteiger partial charge in [0.05, 0.1) is 13.7 Å². The smallest absolute Gasteiger partial charge is 0.119 e. The average Bonchev–Trinajstić information content (AvgIpc) is 2.54. The van der Waals surface area contributed by atoms with Gasteiger partial charge in [-0.05, 0) is 55.3 Å². The minimum atomic E-state index is 0.708. The van der Waals surface area contributed by atoms with Crippen LogP contribution < -0.4 is 14.8 Å². The van der Waals surface area contributed by atoms with Crippen LogP contribution in [0.15, 0.2) is 48.5 Å². The molecule has 2 rings (SSSR count). The topological polar surface area (TPSA) is 30.5 Å². The minimum absolute atomic E-state index is 0.708. The molecule has 3 nitrogen and oxygen atoms in total. The summed E-state index contributed by atoms with van der Waals surface area (Å²) in [5.41, 5.74) is 2.59. The molecular weight excluding hydrogens is 262 g/mol. The zero-order valence-corrected chi connectivity index (χ0v) is 12.8. The Bertz CT molecular complexity index is 520. The predicted molar refractivity (Wildman–Crippen MR) is 86.0 cm³/mol. The normalized spacial score (nSPS) is 10.4. The molecule has 0 spiro atoms. The van der Waals surface area contributed by atoms with Gasteiger partial charge < -0.3 is 14.8 Å². The highest BCUT2D eigenvalue weighted by Crippen LogP contribution is 2.13. The van der Waals surface area contributed by atoms with Crippen molar-refractivity contribution in [3.05, 3.63) is 59.7 Å². The van der Waals surface area contributed by atoms with E-state index < -0.39 is 0 Å². The molecule has 0 aromatic heterocycles. The number of ether oxygens (including phenoxy) is 2. The maximum absolute atomic E-state index is 5.43. The van der Waals surface area contributed by atoms with Gasteiger partial charge in [-0.15, -0.1) is 0 Å². The summed E-state index contributed by atoms with van der Waals surface area (Å²) in [6.07, 6.45) is 1.01. The van der Waals surface area contributed by atoms with E-state index in [1.54, 1.807) is 7.11 Å². The lowest BCUT2D eigenvalue weighted by atomic mass is 10.1. The van der Waals surface area contributed by atoms with Crippen molar-refractivity contribution in [1.82, 2.24) is 5.32 Å². The van der Waals surface area contributed by atoms with E-state index in [2.05, 4.69) is 29.6 Å². The number of methoxy groups -OCH3 is 1. The highest BCUT2D eigenvalue weighted by molar-refractivity contribution is 5.28. The van der Waals surface area contributed by atoms with Crippen molar-refractivity contribution in [2.24, 2.45) is 0 Å². The van der Waals surface area contributed by atoms with Crippen molar-refractivity contribution >= 4 is 0 Å². The molecule has 1 N–H and O–H groups in total. The van der Waals surface area contributed by atoms with E-state index in [0.29, 0.717) is 6.61 Å². The second kappa shape index (κ2) is 8.32. The first kappa shape index (κ1) is 15.4. The van der Waals surface area contributed by atoms with Gasteiger partial charge in [-0.25, -0.2) is 0 Å². The zero-order chi connectivity index (χ0) is 14.9. The standard InChI is InChI=1S/C18H23NO2/c1-3-21-18-10-6-16(7-11-18)14-19-13-12-15-4-8-17(20-2)9-5-15/h4-11,19H,3,12-14H2,1-2H3. The third-order valence-electron chi connectivity index (χ3n) is 3.31. The second-order valence-electron chi connectivity index (χ2n) is 4.85. The van der Waals surface area contributed by atoms with Crippen LogP contribution in [-0.4, -0.2) is 20.3 Å².